The molecule has 1 aromatic heterocycles. The van der Waals surface area contributed by atoms with E-state index in [1.165, 1.54) is 19.3 Å². The fourth-order valence-electron chi connectivity index (χ4n) is 4.03. The number of carbonyl (C=O) groups is 2. The van der Waals surface area contributed by atoms with Gasteiger partial charge in [-0.05, 0) is 44.0 Å². The number of nitrogens with one attached hydrogen (secondary N) is 1. The molecule has 146 valence electrons. The van der Waals surface area contributed by atoms with Crippen LogP contribution in [0, 0.1) is 6.92 Å². The number of benzene rings is 1. The van der Waals surface area contributed by atoms with Crippen LogP contribution < -0.4 is 10.2 Å². The maximum atomic E-state index is 12.8. The lowest BCUT2D eigenvalue weighted by Gasteiger charge is -2.30. The van der Waals surface area contributed by atoms with Crippen LogP contribution in [0.5, 0.6) is 0 Å². The van der Waals surface area contributed by atoms with Gasteiger partial charge in [0.25, 0.3) is 5.91 Å². The molecule has 2 aromatic rings. The number of pyridine rings is 1. The molecule has 0 atom stereocenters. The van der Waals surface area contributed by atoms with E-state index in [0.29, 0.717) is 29.7 Å². The van der Waals surface area contributed by atoms with Gasteiger partial charge in [-0.3, -0.25) is 9.69 Å². The third kappa shape index (κ3) is 3.86. The Hall–Kier alpha value is -2.89. The van der Waals surface area contributed by atoms with Crippen LogP contribution in [0.15, 0.2) is 42.6 Å². The van der Waals surface area contributed by atoms with Crippen LogP contribution in [0.2, 0.25) is 0 Å². The highest BCUT2D eigenvalue weighted by Crippen LogP contribution is 2.27. The van der Waals surface area contributed by atoms with E-state index >= 15 is 0 Å². The molecule has 6 heteroatoms. The van der Waals surface area contributed by atoms with E-state index in [1.807, 2.05) is 24.0 Å². The summed E-state index contributed by atoms with van der Waals surface area (Å²) in [4.78, 5) is 33.3. The van der Waals surface area contributed by atoms with Gasteiger partial charge in [0.2, 0.25) is 0 Å². The van der Waals surface area contributed by atoms with Gasteiger partial charge >= 0.3 is 6.03 Å². The van der Waals surface area contributed by atoms with Gasteiger partial charge in [0.05, 0.1) is 11.9 Å². The molecule has 0 radical (unpaired) electrons. The molecule has 1 saturated heterocycles. The lowest BCUT2D eigenvalue weighted by Crippen LogP contribution is -2.40. The minimum atomic E-state index is -0.171. The number of amides is 3. The number of nitrogens with zero attached hydrogens (tertiary/aromatic N) is 3. The van der Waals surface area contributed by atoms with Crippen molar-refractivity contribution in [1.29, 1.82) is 0 Å². The molecule has 1 aliphatic heterocycles. The van der Waals surface area contributed by atoms with Gasteiger partial charge in [0, 0.05) is 24.7 Å². The first-order chi connectivity index (χ1) is 13.6. The van der Waals surface area contributed by atoms with Crippen molar-refractivity contribution in [2.75, 3.05) is 23.3 Å². The standard InChI is InChI=1S/C22H26N4O2/c1-16-7-9-17(10-8-16)21(27)24-18-11-12-20(23-15-18)26-14-13-25(22(26)28)19-5-3-2-4-6-19/h7-12,15,19H,2-6,13-14H2,1H3,(H,24,27). The molecule has 28 heavy (non-hydrogen) atoms. The molecule has 1 aromatic carbocycles. The number of urea groups is 1. The van der Waals surface area contributed by atoms with Crippen LogP contribution in [-0.4, -0.2) is 41.0 Å². The monoisotopic (exact) mass is 378 g/mol. The van der Waals surface area contributed by atoms with Crippen molar-refractivity contribution in [2.45, 2.75) is 45.1 Å². The van der Waals surface area contributed by atoms with Crippen LogP contribution in [-0.2, 0) is 0 Å². The lowest BCUT2D eigenvalue weighted by molar-refractivity contribution is 0.102. The van der Waals surface area contributed by atoms with Crippen molar-refractivity contribution in [2.24, 2.45) is 0 Å². The number of anilines is 2. The first-order valence-electron chi connectivity index (χ1n) is 10.0. The zero-order chi connectivity index (χ0) is 19.5. The Labute approximate surface area is 165 Å². The third-order valence-corrected chi connectivity index (χ3v) is 5.65. The number of rotatable bonds is 4. The zero-order valence-corrected chi connectivity index (χ0v) is 16.2. The van der Waals surface area contributed by atoms with Crippen LogP contribution >= 0.6 is 0 Å². The van der Waals surface area contributed by atoms with E-state index in [1.54, 1.807) is 35.4 Å². The van der Waals surface area contributed by atoms with Gasteiger partial charge in [-0.25, -0.2) is 9.78 Å². The second kappa shape index (κ2) is 8.00. The maximum absolute atomic E-state index is 12.8. The second-order valence-corrected chi connectivity index (χ2v) is 7.64. The van der Waals surface area contributed by atoms with E-state index < -0.39 is 0 Å². The highest BCUT2D eigenvalue weighted by Gasteiger charge is 2.35. The largest absolute Gasteiger partial charge is 0.326 e. The van der Waals surface area contributed by atoms with Crippen molar-refractivity contribution >= 4 is 23.4 Å². The SMILES string of the molecule is Cc1ccc(C(=O)Nc2ccc(N3CCN(C4CCCCC4)C3=O)nc2)cc1. The third-order valence-electron chi connectivity index (χ3n) is 5.65. The molecule has 4 rings (SSSR count). The molecule has 0 bridgehead atoms. The Morgan fingerprint density at radius 3 is 2.46 bits per heavy atom. The number of aromatic nitrogens is 1. The Kier molecular flexibility index (Phi) is 5.28. The summed E-state index contributed by atoms with van der Waals surface area (Å²) < 4.78 is 0. The number of carbonyl (C=O) groups excluding carboxylic acids is 2. The normalized spacial score (nSPS) is 17.8. The fraction of sp³-hybridized carbons (Fsp3) is 0.409. The Morgan fingerprint density at radius 1 is 1.04 bits per heavy atom. The van der Waals surface area contributed by atoms with Crippen molar-refractivity contribution < 1.29 is 9.59 Å². The summed E-state index contributed by atoms with van der Waals surface area (Å²) in [5.41, 5.74) is 2.33. The molecule has 2 fully saturated rings. The average molecular weight is 378 g/mol. The van der Waals surface area contributed by atoms with Crippen LogP contribution in [0.3, 0.4) is 0 Å². The minimum absolute atomic E-state index is 0.0517. The summed E-state index contributed by atoms with van der Waals surface area (Å²) in [6, 6.07) is 11.4. The van der Waals surface area contributed by atoms with Crippen molar-refractivity contribution in [3.8, 4) is 0 Å². The van der Waals surface area contributed by atoms with E-state index in [9.17, 15) is 9.59 Å². The first-order valence-corrected chi connectivity index (χ1v) is 10.0. The first kappa shape index (κ1) is 18.5. The highest BCUT2D eigenvalue weighted by molar-refractivity contribution is 6.04. The Balaban J connectivity index is 1.40. The van der Waals surface area contributed by atoms with Gasteiger partial charge in [-0.1, -0.05) is 37.0 Å². The quantitative estimate of drug-likeness (QED) is 0.866. The second-order valence-electron chi connectivity index (χ2n) is 7.64. The summed E-state index contributed by atoms with van der Waals surface area (Å²) in [5.74, 6) is 0.465. The fourth-order valence-corrected chi connectivity index (χ4v) is 4.03. The molecule has 0 unspecified atom stereocenters. The van der Waals surface area contributed by atoms with Crippen molar-refractivity contribution in [1.82, 2.24) is 9.88 Å². The predicted octanol–water partition coefficient (Wildman–Crippen LogP) is 4.22. The van der Waals surface area contributed by atoms with E-state index in [0.717, 1.165) is 24.9 Å². The molecular formula is C22H26N4O2. The summed E-state index contributed by atoms with van der Waals surface area (Å²) in [5, 5.41) is 2.85. The average Bonchev–Trinajstić information content (AvgIpc) is 3.11. The minimum Gasteiger partial charge on any atom is -0.321 e. The molecule has 2 aliphatic rings. The lowest BCUT2D eigenvalue weighted by atomic mass is 9.94. The highest BCUT2D eigenvalue weighted by atomic mass is 16.2. The molecule has 2 heterocycles. The smallest absolute Gasteiger partial charge is 0.321 e. The molecule has 1 aliphatic carbocycles. The molecular weight excluding hydrogens is 352 g/mol. The van der Waals surface area contributed by atoms with E-state index in [2.05, 4.69) is 10.3 Å². The van der Waals surface area contributed by atoms with Gasteiger partial charge < -0.3 is 10.2 Å². The van der Waals surface area contributed by atoms with Gasteiger partial charge in [-0.2, -0.15) is 0 Å². The topological polar surface area (TPSA) is 65.5 Å². The van der Waals surface area contributed by atoms with Crippen LogP contribution in [0.1, 0.15) is 48.0 Å². The van der Waals surface area contributed by atoms with Crippen LogP contribution in [0.25, 0.3) is 0 Å². The number of hydrogen-bond acceptors (Lipinski definition) is 3. The number of hydrogen-bond donors (Lipinski definition) is 1. The Morgan fingerprint density at radius 2 is 1.79 bits per heavy atom. The zero-order valence-electron chi connectivity index (χ0n) is 16.2. The maximum Gasteiger partial charge on any atom is 0.326 e. The van der Waals surface area contributed by atoms with Gasteiger partial charge in [0.15, 0.2) is 0 Å². The molecule has 3 amide bonds. The van der Waals surface area contributed by atoms with Gasteiger partial charge in [0.1, 0.15) is 5.82 Å². The molecule has 0 spiro atoms. The van der Waals surface area contributed by atoms with Crippen molar-refractivity contribution in [3.63, 3.8) is 0 Å². The molecule has 6 nitrogen and oxygen atoms in total. The van der Waals surface area contributed by atoms with E-state index in [4.69, 9.17) is 0 Å². The predicted molar refractivity (Wildman–Crippen MR) is 110 cm³/mol. The Bertz CT molecular complexity index is 842. The summed E-state index contributed by atoms with van der Waals surface area (Å²) >= 11 is 0. The van der Waals surface area contributed by atoms with Crippen LogP contribution in [0.4, 0.5) is 16.3 Å². The molecule has 1 N–H and O–H groups in total. The summed E-state index contributed by atoms with van der Waals surface area (Å²) in [7, 11) is 0. The van der Waals surface area contributed by atoms with Crippen molar-refractivity contribution in [3.05, 3.63) is 53.7 Å². The summed E-state index contributed by atoms with van der Waals surface area (Å²) in [6.45, 7) is 3.41. The summed E-state index contributed by atoms with van der Waals surface area (Å²) in [6.07, 6.45) is 7.52. The number of aryl methyl sites for hydroxylation is 1. The molecule has 1 saturated carbocycles. The van der Waals surface area contributed by atoms with Gasteiger partial charge in [-0.15, -0.1) is 0 Å². The van der Waals surface area contributed by atoms with E-state index in [-0.39, 0.29) is 11.9 Å².